The summed E-state index contributed by atoms with van der Waals surface area (Å²) in [4.78, 5) is 8.46. The number of anilines is 1. The Kier molecular flexibility index (Phi) is 2.79. The first-order valence-corrected chi connectivity index (χ1v) is 6.18. The molecule has 0 aliphatic heterocycles. The van der Waals surface area contributed by atoms with Crippen LogP contribution in [0, 0.1) is 0 Å². The van der Waals surface area contributed by atoms with Gasteiger partial charge in [-0.2, -0.15) is 10.1 Å². The Morgan fingerprint density at radius 3 is 2.79 bits per heavy atom. The first-order chi connectivity index (χ1) is 9.15. The van der Waals surface area contributed by atoms with E-state index in [1.807, 2.05) is 6.07 Å². The molecule has 3 aromatic rings. The van der Waals surface area contributed by atoms with Gasteiger partial charge in [-0.1, -0.05) is 5.16 Å². The molecule has 0 saturated heterocycles. The smallest absolute Gasteiger partial charge is 0.263 e. The number of rotatable bonds is 2. The molecule has 2 N–H and O–H groups in total. The maximum Gasteiger partial charge on any atom is 0.263 e. The largest absolute Gasteiger partial charge is 0.383 e. The average molecular weight is 321 g/mol. The van der Waals surface area contributed by atoms with E-state index < -0.39 is 0 Å². The standard InChI is InChI=1S/C11H9BrN6O/c1-18-9(13)7(5-15-18)11-16-10(17-19-11)8-3-2-6(12)4-14-8/h2-5H,13H2,1H3. The number of aromatic nitrogens is 5. The summed E-state index contributed by atoms with van der Waals surface area (Å²) in [6, 6.07) is 3.65. The van der Waals surface area contributed by atoms with Crippen molar-refractivity contribution >= 4 is 21.7 Å². The number of nitrogens with zero attached hydrogens (tertiary/aromatic N) is 5. The first-order valence-electron chi connectivity index (χ1n) is 5.38. The SMILES string of the molecule is Cn1ncc(-c2nc(-c3ccc(Br)cn3)no2)c1N. The summed E-state index contributed by atoms with van der Waals surface area (Å²) in [5, 5.41) is 7.91. The first kappa shape index (κ1) is 11.8. The van der Waals surface area contributed by atoms with E-state index in [2.05, 4.69) is 36.2 Å². The molecule has 0 atom stereocenters. The maximum absolute atomic E-state index is 5.85. The highest BCUT2D eigenvalue weighted by atomic mass is 79.9. The van der Waals surface area contributed by atoms with E-state index in [4.69, 9.17) is 10.3 Å². The number of pyridine rings is 1. The monoisotopic (exact) mass is 320 g/mol. The number of nitrogens with two attached hydrogens (primary N) is 1. The zero-order valence-corrected chi connectivity index (χ0v) is 11.5. The fraction of sp³-hybridized carbons (Fsp3) is 0.0909. The average Bonchev–Trinajstić information content (AvgIpc) is 2.99. The van der Waals surface area contributed by atoms with Crippen LogP contribution in [0.1, 0.15) is 0 Å². The van der Waals surface area contributed by atoms with Gasteiger partial charge in [0.15, 0.2) is 0 Å². The highest BCUT2D eigenvalue weighted by Gasteiger charge is 2.16. The van der Waals surface area contributed by atoms with Gasteiger partial charge in [0.05, 0.1) is 6.20 Å². The second-order valence-electron chi connectivity index (χ2n) is 3.85. The lowest BCUT2D eigenvalue weighted by molar-refractivity contribution is 0.432. The Hall–Kier alpha value is -2.22. The molecule has 0 aromatic carbocycles. The van der Waals surface area contributed by atoms with Crippen LogP contribution < -0.4 is 5.73 Å². The van der Waals surface area contributed by atoms with Crippen LogP contribution in [0.25, 0.3) is 23.0 Å². The normalized spacial score (nSPS) is 10.8. The van der Waals surface area contributed by atoms with Crippen LogP contribution in [-0.2, 0) is 7.05 Å². The third-order valence-electron chi connectivity index (χ3n) is 2.60. The van der Waals surface area contributed by atoms with Gasteiger partial charge in [0.25, 0.3) is 5.89 Å². The van der Waals surface area contributed by atoms with Crippen LogP contribution in [0.5, 0.6) is 0 Å². The fourth-order valence-corrected chi connectivity index (χ4v) is 1.79. The summed E-state index contributed by atoms with van der Waals surface area (Å²) in [6.45, 7) is 0. The number of aryl methyl sites for hydroxylation is 1. The molecule has 8 heteroatoms. The lowest BCUT2D eigenvalue weighted by Gasteiger charge is -1.94. The van der Waals surface area contributed by atoms with Crippen molar-refractivity contribution in [1.29, 1.82) is 0 Å². The molecule has 0 fully saturated rings. The molecule has 0 unspecified atom stereocenters. The predicted molar refractivity (Wildman–Crippen MR) is 71.8 cm³/mol. The Labute approximate surface area is 116 Å². The Balaban J connectivity index is 2.00. The zero-order chi connectivity index (χ0) is 13.4. The molecule has 0 aliphatic carbocycles. The molecule has 7 nitrogen and oxygen atoms in total. The zero-order valence-electron chi connectivity index (χ0n) is 9.91. The number of hydrogen-bond donors (Lipinski definition) is 1. The van der Waals surface area contributed by atoms with Crippen LogP contribution in [0.4, 0.5) is 5.82 Å². The summed E-state index contributed by atoms with van der Waals surface area (Å²) in [5.41, 5.74) is 7.09. The van der Waals surface area contributed by atoms with Crippen LogP contribution in [0.3, 0.4) is 0 Å². The van der Waals surface area contributed by atoms with Gasteiger partial charge in [-0.25, -0.2) is 0 Å². The van der Waals surface area contributed by atoms with Gasteiger partial charge < -0.3 is 10.3 Å². The molecule has 0 saturated carbocycles. The molecule has 0 radical (unpaired) electrons. The van der Waals surface area contributed by atoms with Crippen LogP contribution in [0.15, 0.2) is 33.5 Å². The van der Waals surface area contributed by atoms with Gasteiger partial charge in [-0.15, -0.1) is 0 Å². The molecule has 3 rings (SSSR count). The molecular weight excluding hydrogens is 312 g/mol. The summed E-state index contributed by atoms with van der Waals surface area (Å²) >= 11 is 3.32. The lowest BCUT2D eigenvalue weighted by Crippen LogP contribution is -1.98. The van der Waals surface area contributed by atoms with Crippen molar-refractivity contribution in [2.75, 3.05) is 5.73 Å². The van der Waals surface area contributed by atoms with Crippen molar-refractivity contribution < 1.29 is 4.52 Å². The van der Waals surface area contributed by atoms with Gasteiger partial charge in [0, 0.05) is 17.7 Å². The second-order valence-corrected chi connectivity index (χ2v) is 4.77. The third kappa shape index (κ3) is 2.10. The fourth-order valence-electron chi connectivity index (χ4n) is 1.56. The Bertz CT molecular complexity index is 717. The molecule has 3 heterocycles. The summed E-state index contributed by atoms with van der Waals surface area (Å²) < 4.78 is 7.61. The minimum atomic E-state index is 0.324. The Morgan fingerprint density at radius 1 is 1.32 bits per heavy atom. The number of nitrogen functional groups attached to an aromatic ring is 1. The van der Waals surface area contributed by atoms with E-state index in [1.165, 1.54) is 4.68 Å². The summed E-state index contributed by atoms with van der Waals surface area (Å²) in [5.74, 6) is 1.20. The van der Waals surface area contributed by atoms with E-state index >= 15 is 0 Å². The van der Waals surface area contributed by atoms with E-state index in [1.54, 1.807) is 25.5 Å². The van der Waals surface area contributed by atoms with Crippen molar-refractivity contribution in [1.82, 2.24) is 24.9 Å². The Morgan fingerprint density at radius 2 is 2.16 bits per heavy atom. The highest BCUT2D eigenvalue weighted by molar-refractivity contribution is 9.10. The molecule has 0 amide bonds. The maximum atomic E-state index is 5.85. The van der Waals surface area contributed by atoms with Gasteiger partial charge in [-0.05, 0) is 28.1 Å². The van der Waals surface area contributed by atoms with E-state index in [0.29, 0.717) is 28.8 Å². The topological polar surface area (TPSA) is 95.6 Å². The number of halogens is 1. The molecule has 0 aliphatic rings. The number of hydrogen-bond acceptors (Lipinski definition) is 6. The van der Waals surface area contributed by atoms with Crippen molar-refractivity contribution in [2.45, 2.75) is 0 Å². The van der Waals surface area contributed by atoms with E-state index in [0.717, 1.165) is 4.47 Å². The van der Waals surface area contributed by atoms with Gasteiger partial charge in [0.1, 0.15) is 17.1 Å². The second kappa shape index (κ2) is 4.47. The molecule has 0 spiro atoms. The van der Waals surface area contributed by atoms with Crippen molar-refractivity contribution in [3.63, 3.8) is 0 Å². The summed E-state index contributed by atoms with van der Waals surface area (Å²) in [6.07, 6.45) is 3.26. The highest BCUT2D eigenvalue weighted by Crippen LogP contribution is 2.25. The van der Waals surface area contributed by atoms with Crippen LogP contribution in [-0.4, -0.2) is 24.9 Å². The van der Waals surface area contributed by atoms with Crippen LogP contribution >= 0.6 is 15.9 Å². The van der Waals surface area contributed by atoms with Crippen molar-refractivity contribution in [3.8, 4) is 23.0 Å². The quantitative estimate of drug-likeness (QED) is 0.774. The van der Waals surface area contributed by atoms with Crippen molar-refractivity contribution in [3.05, 3.63) is 29.0 Å². The predicted octanol–water partition coefficient (Wildman–Crippen LogP) is 1.88. The van der Waals surface area contributed by atoms with Gasteiger partial charge in [-0.3, -0.25) is 9.67 Å². The van der Waals surface area contributed by atoms with Crippen molar-refractivity contribution in [2.24, 2.45) is 7.05 Å². The molecular formula is C11H9BrN6O. The molecule has 3 aromatic heterocycles. The van der Waals surface area contributed by atoms with E-state index in [9.17, 15) is 0 Å². The summed E-state index contributed by atoms with van der Waals surface area (Å²) in [7, 11) is 1.74. The van der Waals surface area contributed by atoms with E-state index in [-0.39, 0.29) is 0 Å². The van der Waals surface area contributed by atoms with Gasteiger partial charge >= 0.3 is 0 Å². The van der Waals surface area contributed by atoms with Gasteiger partial charge in [0.2, 0.25) is 5.82 Å². The van der Waals surface area contributed by atoms with Crippen LogP contribution in [0.2, 0.25) is 0 Å². The lowest BCUT2D eigenvalue weighted by atomic mass is 10.3. The molecule has 19 heavy (non-hydrogen) atoms. The molecule has 0 bridgehead atoms. The molecule has 96 valence electrons. The minimum Gasteiger partial charge on any atom is -0.383 e. The third-order valence-corrected chi connectivity index (χ3v) is 3.07. The minimum absolute atomic E-state index is 0.324.